The van der Waals surface area contributed by atoms with Gasteiger partial charge in [0.05, 0.1) is 0 Å². The maximum atomic E-state index is 4.25. The topological polar surface area (TPSA) is 0 Å². The molecule has 21 heavy (non-hydrogen) atoms. The summed E-state index contributed by atoms with van der Waals surface area (Å²) in [5.41, 5.74) is 0. The van der Waals surface area contributed by atoms with Crippen molar-refractivity contribution in [3.63, 3.8) is 0 Å². The van der Waals surface area contributed by atoms with Crippen LogP contribution in [0.2, 0.25) is 0 Å². The molecule has 128 valence electrons. The molecule has 0 amide bonds. The maximum Gasteiger partial charge on any atom is -0.000473 e. The Bertz CT molecular complexity index is 155. The first-order valence-corrected chi connectivity index (χ1v) is 11.7. The Hall–Kier alpha value is 1.08. The molecule has 0 atom stereocenters. The van der Waals surface area contributed by atoms with Crippen molar-refractivity contribution in [3.05, 3.63) is 0 Å². The number of hydrogen-bond donors (Lipinski definition) is 1. The van der Waals surface area contributed by atoms with Gasteiger partial charge in [0.2, 0.25) is 0 Å². The predicted octanol–water partition coefficient (Wildman–Crippen LogP) is 7.98. The zero-order valence-corrected chi connectivity index (χ0v) is 17.3. The Kier molecular flexibility index (Phi) is 22.2. The number of hydrogen-bond acceptors (Lipinski definition) is 1. The van der Waals surface area contributed by atoms with Gasteiger partial charge in [-0.3, -0.25) is 0 Å². The summed E-state index contributed by atoms with van der Waals surface area (Å²) in [5, 5.41) is 0. The average Bonchev–Trinajstić information content (AvgIpc) is 2.50. The Labute approximate surface area is 154 Å². The highest BCUT2D eigenvalue weighted by molar-refractivity contribution is 14.1. The van der Waals surface area contributed by atoms with Crippen LogP contribution in [-0.4, -0.2) is 10.2 Å². The van der Waals surface area contributed by atoms with Gasteiger partial charge in [-0.1, -0.05) is 119 Å². The summed E-state index contributed by atoms with van der Waals surface area (Å²) in [6, 6.07) is 0. The molecule has 0 spiro atoms. The van der Waals surface area contributed by atoms with E-state index in [0.29, 0.717) is 0 Å². The minimum absolute atomic E-state index is 1.07. The van der Waals surface area contributed by atoms with Crippen LogP contribution in [0.4, 0.5) is 0 Å². The molecule has 0 saturated heterocycles. The fourth-order valence-corrected chi connectivity index (χ4v) is 3.62. The van der Waals surface area contributed by atoms with Crippen molar-refractivity contribution in [1.82, 2.24) is 0 Å². The molecule has 0 aliphatic rings. The molecule has 2 heteroatoms. The number of thiol groups is 1. The van der Waals surface area contributed by atoms with Crippen LogP contribution >= 0.6 is 35.2 Å². The summed E-state index contributed by atoms with van der Waals surface area (Å²) in [6.07, 6.45) is 24.7. The van der Waals surface area contributed by atoms with Crippen molar-refractivity contribution < 1.29 is 0 Å². The highest BCUT2D eigenvalue weighted by Gasteiger charge is 1.94. The lowest BCUT2D eigenvalue weighted by molar-refractivity contribution is 0.529. The molecule has 0 bridgehead atoms. The highest BCUT2D eigenvalue weighted by atomic mass is 127. The first-order valence-electron chi connectivity index (χ1n) is 9.58. The third kappa shape index (κ3) is 21.1. The van der Waals surface area contributed by atoms with Crippen molar-refractivity contribution in [2.24, 2.45) is 0 Å². The molecule has 0 fully saturated rings. The van der Waals surface area contributed by atoms with Crippen molar-refractivity contribution in [1.29, 1.82) is 0 Å². The minimum atomic E-state index is 1.07. The molecule has 0 aliphatic carbocycles. The van der Waals surface area contributed by atoms with Gasteiger partial charge in [0.25, 0.3) is 0 Å². The second kappa shape index (κ2) is 21.1. The number of alkyl halides is 1. The molecule has 0 nitrogen and oxygen atoms in total. The van der Waals surface area contributed by atoms with Crippen LogP contribution in [0.1, 0.15) is 109 Å². The third-order valence-corrected chi connectivity index (χ3v) is 5.37. The molecule has 0 saturated carbocycles. The van der Waals surface area contributed by atoms with Gasteiger partial charge in [0.15, 0.2) is 0 Å². The fourth-order valence-electron chi connectivity index (χ4n) is 2.86. The summed E-state index contributed by atoms with van der Waals surface area (Å²) in [5.74, 6) is 1.07. The number of halogens is 1. The van der Waals surface area contributed by atoms with Crippen molar-refractivity contribution in [3.8, 4) is 0 Å². The first kappa shape index (κ1) is 22.1. The molecule has 0 heterocycles. The monoisotopic (exact) mass is 426 g/mol. The van der Waals surface area contributed by atoms with Crippen molar-refractivity contribution >= 4 is 35.2 Å². The predicted molar refractivity (Wildman–Crippen MR) is 111 cm³/mol. The number of unbranched alkanes of at least 4 members (excludes halogenated alkanes) is 16. The van der Waals surface area contributed by atoms with E-state index in [1.807, 2.05) is 0 Å². The normalized spacial score (nSPS) is 11.1. The van der Waals surface area contributed by atoms with Gasteiger partial charge in [-0.15, -0.1) is 0 Å². The van der Waals surface area contributed by atoms with E-state index in [4.69, 9.17) is 0 Å². The summed E-state index contributed by atoms with van der Waals surface area (Å²) >= 11 is 6.74. The second-order valence-electron chi connectivity index (χ2n) is 6.42. The quantitative estimate of drug-likeness (QED) is 0.0976. The lowest BCUT2D eigenvalue weighted by atomic mass is 10.0. The van der Waals surface area contributed by atoms with E-state index >= 15 is 0 Å². The van der Waals surface area contributed by atoms with Crippen LogP contribution in [0.3, 0.4) is 0 Å². The van der Waals surface area contributed by atoms with Gasteiger partial charge in [-0.25, -0.2) is 0 Å². The Morgan fingerprint density at radius 2 is 0.619 bits per heavy atom. The van der Waals surface area contributed by atoms with Gasteiger partial charge >= 0.3 is 0 Å². The standard InChI is InChI=1S/C19H39IS/c20-18-16-14-12-10-8-6-4-2-1-3-5-7-9-11-13-15-17-19-21/h21H,1-19H2. The average molecular weight is 426 g/mol. The smallest absolute Gasteiger partial charge is 0.000473 e. The van der Waals surface area contributed by atoms with E-state index in [1.165, 1.54) is 114 Å². The minimum Gasteiger partial charge on any atom is -0.179 e. The van der Waals surface area contributed by atoms with Gasteiger partial charge in [0, 0.05) is 0 Å². The van der Waals surface area contributed by atoms with Gasteiger partial charge in [-0.2, -0.15) is 12.6 Å². The van der Waals surface area contributed by atoms with Crippen LogP contribution in [0.25, 0.3) is 0 Å². The van der Waals surface area contributed by atoms with Gasteiger partial charge < -0.3 is 0 Å². The van der Waals surface area contributed by atoms with E-state index in [-0.39, 0.29) is 0 Å². The summed E-state index contributed by atoms with van der Waals surface area (Å²) in [6.45, 7) is 0. The van der Waals surface area contributed by atoms with Crippen LogP contribution < -0.4 is 0 Å². The molecule has 0 aromatic heterocycles. The van der Waals surface area contributed by atoms with E-state index in [0.717, 1.165) is 5.75 Å². The Morgan fingerprint density at radius 3 is 0.857 bits per heavy atom. The molecule has 0 aliphatic heterocycles. The molecule has 0 rings (SSSR count). The lowest BCUT2D eigenvalue weighted by Crippen LogP contribution is -1.84. The van der Waals surface area contributed by atoms with Crippen LogP contribution in [0.5, 0.6) is 0 Å². The van der Waals surface area contributed by atoms with Crippen LogP contribution in [0.15, 0.2) is 0 Å². The summed E-state index contributed by atoms with van der Waals surface area (Å²) < 4.78 is 1.34. The van der Waals surface area contributed by atoms with Crippen molar-refractivity contribution in [2.45, 2.75) is 109 Å². The molecule has 0 radical (unpaired) electrons. The summed E-state index contributed by atoms with van der Waals surface area (Å²) in [4.78, 5) is 0. The zero-order valence-electron chi connectivity index (χ0n) is 14.3. The van der Waals surface area contributed by atoms with E-state index < -0.39 is 0 Å². The third-order valence-electron chi connectivity index (χ3n) is 4.29. The van der Waals surface area contributed by atoms with E-state index in [9.17, 15) is 0 Å². The van der Waals surface area contributed by atoms with E-state index in [1.54, 1.807) is 0 Å². The Balaban J connectivity index is 2.90. The SMILES string of the molecule is SCCCCCCCCCCCCCCCCCCCI. The maximum absolute atomic E-state index is 4.25. The highest BCUT2D eigenvalue weighted by Crippen LogP contribution is 2.14. The van der Waals surface area contributed by atoms with Crippen molar-refractivity contribution in [2.75, 3.05) is 10.2 Å². The molecular weight excluding hydrogens is 387 g/mol. The van der Waals surface area contributed by atoms with Crippen LogP contribution in [-0.2, 0) is 0 Å². The lowest BCUT2D eigenvalue weighted by Gasteiger charge is -2.03. The molecule has 0 N–H and O–H groups in total. The summed E-state index contributed by atoms with van der Waals surface area (Å²) in [7, 11) is 0. The molecular formula is C19H39IS. The van der Waals surface area contributed by atoms with Crippen LogP contribution in [0, 0.1) is 0 Å². The zero-order chi connectivity index (χ0) is 15.4. The fraction of sp³-hybridized carbons (Fsp3) is 1.00. The molecule has 0 aromatic rings. The van der Waals surface area contributed by atoms with Gasteiger partial charge in [0.1, 0.15) is 0 Å². The molecule has 0 aromatic carbocycles. The number of rotatable bonds is 18. The van der Waals surface area contributed by atoms with E-state index in [2.05, 4.69) is 35.2 Å². The second-order valence-corrected chi connectivity index (χ2v) is 7.95. The van der Waals surface area contributed by atoms with Gasteiger partial charge in [-0.05, 0) is 23.0 Å². The largest absolute Gasteiger partial charge is 0.179 e. The molecule has 0 unspecified atom stereocenters. The Morgan fingerprint density at radius 1 is 0.381 bits per heavy atom. The first-order chi connectivity index (χ1) is 10.4.